The third-order valence-corrected chi connectivity index (χ3v) is 4.78. The molecule has 0 aliphatic carbocycles. The van der Waals surface area contributed by atoms with Crippen molar-refractivity contribution in [3.63, 3.8) is 0 Å². The fourth-order valence-electron chi connectivity index (χ4n) is 3.17. The van der Waals surface area contributed by atoms with Crippen molar-refractivity contribution >= 4 is 5.91 Å². The lowest BCUT2D eigenvalue weighted by atomic mass is 9.92. The highest BCUT2D eigenvalue weighted by Crippen LogP contribution is 2.16. The van der Waals surface area contributed by atoms with Crippen LogP contribution < -0.4 is 10.6 Å². The maximum atomic E-state index is 12.3. The first kappa shape index (κ1) is 18.0. The average molecular weight is 317 g/mol. The minimum Gasteiger partial charge on any atom is -0.352 e. The van der Waals surface area contributed by atoms with Gasteiger partial charge in [0.2, 0.25) is 5.91 Å². The van der Waals surface area contributed by atoms with Gasteiger partial charge in [0.1, 0.15) is 0 Å². The molecule has 1 saturated heterocycles. The van der Waals surface area contributed by atoms with Gasteiger partial charge in [-0.05, 0) is 50.5 Å². The molecule has 1 aromatic carbocycles. The van der Waals surface area contributed by atoms with Crippen LogP contribution in [0.2, 0.25) is 0 Å². The predicted molar refractivity (Wildman–Crippen MR) is 95.1 cm³/mol. The Kier molecular flexibility index (Phi) is 7.06. The molecular formula is C19H31N3O. The Bertz CT molecular complexity index is 482. The van der Waals surface area contributed by atoms with E-state index in [4.69, 9.17) is 0 Å². The molecule has 2 rings (SSSR count). The summed E-state index contributed by atoms with van der Waals surface area (Å²) in [6.45, 7) is 11.2. The van der Waals surface area contributed by atoms with Crippen LogP contribution in [0.3, 0.4) is 0 Å². The van der Waals surface area contributed by atoms with Gasteiger partial charge in [-0.1, -0.05) is 38.1 Å². The molecule has 4 nitrogen and oxygen atoms in total. The van der Waals surface area contributed by atoms with Crippen LogP contribution in [0.25, 0.3) is 0 Å². The molecule has 128 valence electrons. The van der Waals surface area contributed by atoms with Gasteiger partial charge in [-0.3, -0.25) is 9.69 Å². The van der Waals surface area contributed by atoms with Crippen molar-refractivity contribution in [1.29, 1.82) is 0 Å². The van der Waals surface area contributed by atoms with Gasteiger partial charge in [-0.2, -0.15) is 0 Å². The number of hydrogen-bond donors (Lipinski definition) is 2. The smallest absolute Gasteiger partial charge is 0.223 e. The van der Waals surface area contributed by atoms with Gasteiger partial charge in [0, 0.05) is 25.0 Å². The first-order valence-corrected chi connectivity index (χ1v) is 8.93. The average Bonchev–Trinajstić information content (AvgIpc) is 2.58. The van der Waals surface area contributed by atoms with E-state index in [1.165, 1.54) is 11.1 Å². The van der Waals surface area contributed by atoms with Crippen LogP contribution in [0.1, 0.15) is 44.7 Å². The molecule has 1 aliphatic heterocycles. The molecule has 1 aromatic rings. The lowest BCUT2D eigenvalue weighted by Gasteiger charge is -2.27. The third kappa shape index (κ3) is 5.63. The standard InChI is InChI=1S/C19H31N3O/c1-4-22(5-2)14-17-8-6-16(7-9-17)13-21-19(23)18-10-11-20-15(3)12-18/h6-9,15,18,20H,4-5,10-14H2,1-3H3,(H,21,23)/t15-,18-/m0/s1. The van der Waals surface area contributed by atoms with Crippen LogP contribution in [0.4, 0.5) is 0 Å². The molecule has 0 aromatic heterocycles. The maximum Gasteiger partial charge on any atom is 0.223 e. The summed E-state index contributed by atoms with van der Waals surface area (Å²) in [6, 6.07) is 9.05. The Labute approximate surface area is 140 Å². The van der Waals surface area contributed by atoms with Crippen LogP contribution >= 0.6 is 0 Å². The highest BCUT2D eigenvalue weighted by Gasteiger charge is 2.24. The second-order valence-electron chi connectivity index (χ2n) is 6.57. The molecule has 2 atom stereocenters. The number of carbonyl (C=O) groups is 1. The molecule has 1 aliphatic rings. The van der Waals surface area contributed by atoms with Gasteiger partial charge in [0.25, 0.3) is 0 Å². The fourth-order valence-corrected chi connectivity index (χ4v) is 3.17. The van der Waals surface area contributed by atoms with E-state index in [2.05, 4.69) is 60.6 Å². The highest BCUT2D eigenvalue weighted by molar-refractivity contribution is 5.78. The van der Waals surface area contributed by atoms with E-state index in [0.717, 1.165) is 39.0 Å². The van der Waals surface area contributed by atoms with Gasteiger partial charge < -0.3 is 10.6 Å². The summed E-state index contributed by atoms with van der Waals surface area (Å²) in [6.07, 6.45) is 1.88. The molecular weight excluding hydrogens is 286 g/mol. The number of carbonyl (C=O) groups excluding carboxylic acids is 1. The predicted octanol–water partition coefficient (Wildman–Crippen LogP) is 2.53. The van der Waals surface area contributed by atoms with Gasteiger partial charge in [0.05, 0.1) is 0 Å². The molecule has 1 fully saturated rings. The fraction of sp³-hybridized carbons (Fsp3) is 0.632. The Balaban J connectivity index is 1.80. The first-order chi connectivity index (χ1) is 11.1. The van der Waals surface area contributed by atoms with Gasteiger partial charge in [-0.15, -0.1) is 0 Å². The van der Waals surface area contributed by atoms with E-state index in [1.807, 2.05) is 0 Å². The van der Waals surface area contributed by atoms with Crippen LogP contribution in [0.15, 0.2) is 24.3 Å². The summed E-state index contributed by atoms with van der Waals surface area (Å²) >= 11 is 0. The number of benzene rings is 1. The Morgan fingerprint density at radius 2 is 1.87 bits per heavy atom. The monoisotopic (exact) mass is 317 g/mol. The third-order valence-electron chi connectivity index (χ3n) is 4.78. The second-order valence-corrected chi connectivity index (χ2v) is 6.57. The van der Waals surface area contributed by atoms with Gasteiger partial charge >= 0.3 is 0 Å². The van der Waals surface area contributed by atoms with E-state index in [0.29, 0.717) is 12.6 Å². The summed E-state index contributed by atoms with van der Waals surface area (Å²) < 4.78 is 0. The summed E-state index contributed by atoms with van der Waals surface area (Å²) in [5.41, 5.74) is 2.50. The zero-order valence-corrected chi connectivity index (χ0v) is 14.8. The van der Waals surface area contributed by atoms with Crippen molar-refractivity contribution in [3.05, 3.63) is 35.4 Å². The second kappa shape index (κ2) is 9.04. The normalized spacial score (nSPS) is 21.4. The van der Waals surface area contributed by atoms with Crippen LogP contribution in [-0.4, -0.2) is 36.5 Å². The number of amides is 1. The number of nitrogens with one attached hydrogen (secondary N) is 2. The zero-order valence-electron chi connectivity index (χ0n) is 14.8. The quantitative estimate of drug-likeness (QED) is 0.812. The van der Waals surface area contributed by atoms with Crippen molar-refractivity contribution in [3.8, 4) is 0 Å². The van der Waals surface area contributed by atoms with Crippen molar-refractivity contribution < 1.29 is 4.79 Å². The minimum atomic E-state index is 0.160. The number of rotatable bonds is 7. The van der Waals surface area contributed by atoms with Crippen molar-refractivity contribution in [2.45, 2.75) is 52.7 Å². The summed E-state index contributed by atoms with van der Waals surface area (Å²) in [7, 11) is 0. The van der Waals surface area contributed by atoms with Crippen LogP contribution in [-0.2, 0) is 17.9 Å². The SMILES string of the molecule is CCN(CC)Cc1ccc(CNC(=O)[C@H]2CCN[C@@H](C)C2)cc1. The van der Waals surface area contributed by atoms with E-state index in [9.17, 15) is 4.79 Å². The van der Waals surface area contributed by atoms with Gasteiger partial charge in [-0.25, -0.2) is 0 Å². The molecule has 2 N–H and O–H groups in total. The Hall–Kier alpha value is -1.39. The van der Waals surface area contributed by atoms with Gasteiger partial charge in [0.15, 0.2) is 0 Å². The van der Waals surface area contributed by atoms with E-state index >= 15 is 0 Å². The molecule has 23 heavy (non-hydrogen) atoms. The van der Waals surface area contributed by atoms with Crippen molar-refractivity contribution in [2.24, 2.45) is 5.92 Å². The molecule has 4 heteroatoms. The lowest BCUT2D eigenvalue weighted by molar-refractivity contribution is -0.126. The lowest BCUT2D eigenvalue weighted by Crippen LogP contribution is -2.42. The maximum absolute atomic E-state index is 12.3. The molecule has 1 amide bonds. The molecule has 1 heterocycles. The number of nitrogens with zero attached hydrogens (tertiary/aromatic N) is 1. The molecule has 0 bridgehead atoms. The first-order valence-electron chi connectivity index (χ1n) is 8.93. The van der Waals surface area contributed by atoms with E-state index in [1.54, 1.807) is 0 Å². The van der Waals surface area contributed by atoms with Crippen LogP contribution in [0.5, 0.6) is 0 Å². The molecule has 0 saturated carbocycles. The molecule has 0 unspecified atom stereocenters. The number of piperidine rings is 1. The molecule has 0 spiro atoms. The van der Waals surface area contributed by atoms with Crippen molar-refractivity contribution in [2.75, 3.05) is 19.6 Å². The Morgan fingerprint density at radius 3 is 2.48 bits per heavy atom. The largest absolute Gasteiger partial charge is 0.352 e. The van der Waals surface area contributed by atoms with Crippen molar-refractivity contribution in [1.82, 2.24) is 15.5 Å². The summed E-state index contributed by atoms with van der Waals surface area (Å²) in [5.74, 6) is 0.360. The van der Waals surface area contributed by atoms with Crippen LogP contribution in [0, 0.1) is 5.92 Å². The summed E-state index contributed by atoms with van der Waals surface area (Å²) in [4.78, 5) is 14.7. The Morgan fingerprint density at radius 1 is 1.22 bits per heavy atom. The summed E-state index contributed by atoms with van der Waals surface area (Å²) in [5, 5.41) is 6.48. The van der Waals surface area contributed by atoms with E-state index < -0.39 is 0 Å². The van der Waals surface area contributed by atoms with E-state index in [-0.39, 0.29) is 11.8 Å². The number of hydrogen-bond acceptors (Lipinski definition) is 3. The topological polar surface area (TPSA) is 44.4 Å². The molecule has 0 radical (unpaired) electrons. The zero-order chi connectivity index (χ0) is 16.7. The minimum absolute atomic E-state index is 0.160. The highest BCUT2D eigenvalue weighted by atomic mass is 16.1.